The minimum atomic E-state index is -0.387. The van der Waals surface area contributed by atoms with Gasteiger partial charge in [-0.1, -0.05) is 0 Å². The van der Waals surface area contributed by atoms with E-state index < -0.39 is 0 Å². The minimum Gasteiger partial charge on any atom is -0.466 e. The normalized spacial score (nSPS) is 10.6. The van der Waals surface area contributed by atoms with Crippen molar-refractivity contribution in [2.45, 2.75) is 27.2 Å². The van der Waals surface area contributed by atoms with Gasteiger partial charge >= 0.3 is 5.97 Å². The van der Waals surface area contributed by atoms with Gasteiger partial charge in [-0.05, 0) is 26.8 Å². The van der Waals surface area contributed by atoms with Crippen molar-refractivity contribution in [1.29, 1.82) is 0 Å². The molecule has 0 aliphatic heterocycles. The molecule has 0 aromatic carbocycles. The number of hydrogen-bond acceptors (Lipinski definition) is 5. The summed E-state index contributed by atoms with van der Waals surface area (Å²) >= 11 is 0. The molecule has 7 nitrogen and oxygen atoms in total. The van der Waals surface area contributed by atoms with Crippen LogP contribution in [0.4, 0.5) is 0 Å². The molecule has 2 aromatic rings. The lowest BCUT2D eigenvalue weighted by molar-refractivity contribution is -0.142. The molecule has 0 radical (unpaired) electrons. The zero-order valence-electron chi connectivity index (χ0n) is 11.6. The Bertz CT molecular complexity index is 667. The maximum Gasteiger partial charge on any atom is 0.311 e. The van der Waals surface area contributed by atoms with Gasteiger partial charge in [0.2, 0.25) is 0 Å². The van der Waals surface area contributed by atoms with Gasteiger partial charge in [0.1, 0.15) is 0 Å². The SMILES string of the molecule is CCOC(=O)Cc1cc(=O)n(-c2nc(C)cc(C)n2)[nH]1. The number of aryl methyl sites for hydroxylation is 2. The number of H-pyrrole nitrogens is 1. The highest BCUT2D eigenvalue weighted by atomic mass is 16.5. The van der Waals surface area contributed by atoms with E-state index in [1.165, 1.54) is 10.7 Å². The van der Waals surface area contributed by atoms with Crippen molar-refractivity contribution in [3.63, 3.8) is 0 Å². The van der Waals surface area contributed by atoms with Gasteiger partial charge in [0.05, 0.1) is 13.0 Å². The van der Waals surface area contributed by atoms with Gasteiger partial charge in [0, 0.05) is 23.1 Å². The van der Waals surface area contributed by atoms with Crippen LogP contribution in [0, 0.1) is 13.8 Å². The summed E-state index contributed by atoms with van der Waals surface area (Å²) in [7, 11) is 0. The van der Waals surface area contributed by atoms with Gasteiger partial charge in [0.15, 0.2) is 0 Å². The van der Waals surface area contributed by atoms with E-state index in [4.69, 9.17) is 4.74 Å². The largest absolute Gasteiger partial charge is 0.466 e. The standard InChI is InChI=1S/C13H16N4O3/c1-4-20-12(19)7-10-6-11(18)17(16-10)13-14-8(2)5-9(3)15-13/h5-6,16H,4,7H2,1-3H3. The number of rotatable bonds is 4. The lowest BCUT2D eigenvalue weighted by atomic mass is 10.3. The number of aromatic nitrogens is 4. The molecule has 106 valence electrons. The van der Waals surface area contributed by atoms with Crippen molar-refractivity contribution in [3.8, 4) is 5.95 Å². The second-order valence-electron chi connectivity index (χ2n) is 4.39. The van der Waals surface area contributed by atoms with Crippen molar-refractivity contribution in [1.82, 2.24) is 19.7 Å². The first kappa shape index (κ1) is 14.0. The molecule has 2 rings (SSSR count). The highest BCUT2D eigenvalue weighted by Crippen LogP contribution is 2.03. The fourth-order valence-corrected chi connectivity index (χ4v) is 1.86. The second kappa shape index (κ2) is 5.68. The molecule has 0 amide bonds. The molecule has 0 saturated carbocycles. The molecule has 0 bridgehead atoms. The topological polar surface area (TPSA) is 89.9 Å². The van der Waals surface area contributed by atoms with Crippen molar-refractivity contribution in [2.75, 3.05) is 6.61 Å². The Hall–Kier alpha value is -2.44. The molecule has 7 heteroatoms. The number of carbonyl (C=O) groups is 1. The van der Waals surface area contributed by atoms with Crippen LogP contribution in [-0.2, 0) is 16.0 Å². The molecule has 2 aromatic heterocycles. The summed E-state index contributed by atoms with van der Waals surface area (Å²) in [6, 6.07) is 3.16. The van der Waals surface area contributed by atoms with Crippen molar-refractivity contribution in [2.24, 2.45) is 0 Å². The fourth-order valence-electron chi connectivity index (χ4n) is 1.86. The van der Waals surface area contributed by atoms with E-state index in [1.807, 2.05) is 19.9 Å². The lowest BCUT2D eigenvalue weighted by Crippen LogP contribution is -2.17. The zero-order valence-corrected chi connectivity index (χ0v) is 11.6. The quantitative estimate of drug-likeness (QED) is 0.829. The monoisotopic (exact) mass is 276 g/mol. The summed E-state index contributed by atoms with van der Waals surface area (Å²) in [4.78, 5) is 31.7. The molecule has 1 N–H and O–H groups in total. The summed E-state index contributed by atoms with van der Waals surface area (Å²) in [6.07, 6.45) is 0.0148. The van der Waals surface area contributed by atoms with Gasteiger partial charge in [-0.2, -0.15) is 4.68 Å². The van der Waals surface area contributed by atoms with E-state index in [-0.39, 0.29) is 23.9 Å². The number of aromatic amines is 1. The van der Waals surface area contributed by atoms with Gasteiger partial charge in [-0.15, -0.1) is 0 Å². The van der Waals surface area contributed by atoms with Crippen LogP contribution in [0.1, 0.15) is 24.0 Å². The highest BCUT2D eigenvalue weighted by molar-refractivity contribution is 5.71. The number of nitrogens with one attached hydrogen (secondary N) is 1. The predicted molar refractivity (Wildman–Crippen MR) is 71.8 cm³/mol. The predicted octanol–water partition coefficient (Wildman–Crippen LogP) is 0.678. The molecular weight excluding hydrogens is 260 g/mol. The third-order valence-electron chi connectivity index (χ3n) is 2.58. The summed E-state index contributed by atoms with van der Waals surface area (Å²) in [5.41, 5.74) is 1.69. The number of esters is 1. The van der Waals surface area contributed by atoms with E-state index in [0.717, 1.165) is 11.4 Å². The maximum absolute atomic E-state index is 11.9. The van der Waals surface area contributed by atoms with Gasteiger partial charge < -0.3 is 4.74 Å². The third kappa shape index (κ3) is 3.11. The Labute approximate surface area is 115 Å². The number of ether oxygens (including phenoxy) is 1. The first-order valence-corrected chi connectivity index (χ1v) is 6.29. The summed E-state index contributed by atoms with van der Waals surface area (Å²) in [5, 5.41) is 2.82. The Morgan fingerprint density at radius 2 is 1.95 bits per heavy atom. The first-order valence-electron chi connectivity index (χ1n) is 6.29. The zero-order chi connectivity index (χ0) is 14.7. The Morgan fingerprint density at radius 3 is 2.55 bits per heavy atom. The smallest absolute Gasteiger partial charge is 0.311 e. The van der Waals surface area contributed by atoms with Gasteiger partial charge in [-0.25, -0.2) is 9.97 Å². The van der Waals surface area contributed by atoms with Crippen LogP contribution in [0.25, 0.3) is 5.95 Å². The maximum atomic E-state index is 11.9. The molecule has 2 heterocycles. The Kier molecular flexibility index (Phi) is 3.97. The van der Waals surface area contributed by atoms with Gasteiger partial charge in [-0.3, -0.25) is 14.7 Å². The third-order valence-corrected chi connectivity index (χ3v) is 2.58. The summed E-state index contributed by atoms with van der Waals surface area (Å²) in [5.74, 6) is -0.121. The van der Waals surface area contributed by atoms with E-state index in [0.29, 0.717) is 12.3 Å². The van der Waals surface area contributed by atoms with Crippen LogP contribution in [0.15, 0.2) is 16.9 Å². The molecule has 0 aliphatic rings. The molecule has 20 heavy (non-hydrogen) atoms. The van der Waals surface area contributed by atoms with Gasteiger partial charge in [0.25, 0.3) is 11.5 Å². The Balaban J connectivity index is 2.32. The van der Waals surface area contributed by atoms with E-state index in [2.05, 4.69) is 15.1 Å². The molecule has 0 aliphatic carbocycles. The van der Waals surface area contributed by atoms with Crippen molar-refractivity contribution >= 4 is 5.97 Å². The summed E-state index contributed by atoms with van der Waals surface area (Å²) in [6.45, 7) is 5.69. The molecule has 0 atom stereocenters. The second-order valence-corrected chi connectivity index (χ2v) is 4.39. The molecule has 0 saturated heterocycles. The van der Waals surface area contributed by atoms with E-state index in [1.54, 1.807) is 6.92 Å². The van der Waals surface area contributed by atoms with Crippen molar-refractivity contribution in [3.05, 3.63) is 39.6 Å². The minimum absolute atomic E-state index is 0.0148. The fraction of sp³-hybridized carbons (Fsp3) is 0.385. The average molecular weight is 276 g/mol. The summed E-state index contributed by atoms with van der Waals surface area (Å²) < 4.78 is 6.05. The van der Waals surface area contributed by atoms with E-state index >= 15 is 0 Å². The molecular formula is C13H16N4O3. The van der Waals surface area contributed by atoms with Crippen molar-refractivity contribution < 1.29 is 9.53 Å². The van der Waals surface area contributed by atoms with Crippen LogP contribution >= 0.6 is 0 Å². The lowest BCUT2D eigenvalue weighted by Gasteiger charge is -2.03. The molecule has 0 unspecified atom stereocenters. The highest BCUT2D eigenvalue weighted by Gasteiger charge is 2.11. The molecule has 0 spiro atoms. The first-order chi connectivity index (χ1) is 9.49. The van der Waals surface area contributed by atoms with E-state index in [9.17, 15) is 9.59 Å². The van der Waals surface area contributed by atoms with Crippen LogP contribution in [0.3, 0.4) is 0 Å². The average Bonchev–Trinajstić information content (AvgIpc) is 2.69. The molecule has 0 fully saturated rings. The van der Waals surface area contributed by atoms with Crippen LogP contribution < -0.4 is 5.56 Å². The van der Waals surface area contributed by atoms with Crippen LogP contribution in [-0.4, -0.2) is 32.3 Å². The van der Waals surface area contributed by atoms with Crippen LogP contribution in [0.2, 0.25) is 0 Å². The number of nitrogens with zero attached hydrogens (tertiary/aromatic N) is 3. The number of hydrogen-bond donors (Lipinski definition) is 1. The Morgan fingerprint density at radius 1 is 1.30 bits per heavy atom. The number of carbonyl (C=O) groups excluding carboxylic acids is 1. The van der Waals surface area contributed by atoms with Crippen LogP contribution in [0.5, 0.6) is 0 Å².